The number of aliphatic carboxylic acids is 1. The summed E-state index contributed by atoms with van der Waals surface area (Å²) in [6.07, 6.45) is -4.24. The molecule has 1 aromatic heterocycles. The van der Waals surface area contributed by atoms with Crippen LogP contribution in [0.1, 0.15) is 29.7 Å². The Morgan fingerprint density at radius 1 is 1.23 bits per heavy atom. The van der Waals surface area contributed by atoms with Crippen molar-refractivity contribution in [2.24, 2.45) is 0 Å². The van der Waals surface area contributed by atoms with E-state index in [1.165, 1.54) is 0 Å². The van der Waals surface area contributed by atoms with E-state index >= 15 is 0 Å². The molecule has 0 aliphatic rings. The first-order chi connectivity index (χ1) is 12.3. The molecule has 1 atom stereocenters. The van der Waals surface area contributed by atoms with E-state index in [2.05, 4.69) is 10.3 Å². The van der Waals surface area contributed by atoms with Gasteiger partial charge in [0.05, 0.1) is 5.56 Å². The van der Waals surface area contributed by atoms with Crippen LogP contribution in [0.2, 0.25) is 0 Å². The Morgan fingerprint density at radius 3 is 2.50 bits per heavy atom. The molecule has 0 amide bonds. The number of nitriles is 1. The van der Waals surface area contributed by atoms with E-state index in [0.29, 0.717) is 6.42 Å². The van der Waals surface area contributed by atoms with Crippen molar-refractivity contribution in [2.45, 2.75) is 31.5 Å². The van der Waals surface area contributed by atoms with Gasteiger partial charge in [-0.1, -0.05) is 30.3 Å². The largest absolute Gasteiger partial charge is 0.481 e. The van der Waals surface area contributed by atoms with Crippen LogP contribution < -0.4 is 5.32 Å². The first-order valence-corrected chi connectivity index (χ1v) is 7.80. The highest BCUT2D eigenvalue weighted by Gasteiger charge is 2.33. The van der Waals surface area contributed by atoms with E-state index in [1.54, 1.807) is 6.07 Å². The minimum Gasteiger partial charge on any atom is -0.481 e. The third kappa shape index (κ3) is 5.48. The molecule has 0 saturated carbocycles. The van der Waals surface area contributed by atoms with Crippen molar-refractivity contribution in [2.75, 3.05) is 5.32 Å². The summed E-state index contributed by atoms with van der Waals surface area (Å²) in [5, 5.41) is 20.8. The molecule has 0 fully saturated rings. The van der Waals surface area contributed by atoms with E-state index < -0.39 is 23.9 Å². The fraction of sp³-hybridized carbons (Fsp3) is 0.278. The molecule has 2 aromatic rings. The summed E-state index contributed by atoms with van der Waals surface area (Å²) in [6.45, 7) is 0. The summed E-state index contributed by atoms with van der Waals surface area (Å²) in [6, 6.07) is 12.2. The van der Waals surface area contributed by atoms with Crippen molar-refractivity contribution in [1.29, 1.82) is 5.26 Å². The third-order valence-corrected chi connectivity index (χ3v) is 3.68. The summed E-state index contributed by atoms with van der Waals surface area (Å²) in [5.41, 5.74) is -0.261. The fourth-order valence-corrected chi connectivity index (χ4v) is 2.43. The smallest absolute Gasteiger partial charge is 0.433 e. The predicted molar refractivity (Wildman–Crippen MR) is 88.4 cm³/mol. The number of carboxylic acids is 1. The molecule has 5 nitrogen and oxygen atoms in total. The van der Waals surface area contributed by atoms with Gasteiger partial charge in [-0.05, 0) is 30.5 Å². The number of nitrogens with zero attached hydrogens (tertiary/aromatic N) is 2. The quantitative estimate of drug-likeness (QED) is 0.780. The van der Waals surface area contributed by atoms with Crippen LogP contribution in [0.5, 0.6) is 0 Å². The second kappa shape index (κ2) is 8.34. The second-order valence-corrected chi connectivity index (χ2v) is 5.67. The molecule has 0 radical (unpaired) electrons. The SMILES string of the molecule is N#Cc1ccc(C(F)(F)F)nc1NC(CCC(=O)O)Cc1ccccc1. The predicted octanol–water partition coefficient (Wildman–Crippen LogP) is 3.86. The van der Waals surface area contributed by atoms with Gasteiger partial charge in [-0.3, -0.25) is 4.79 Å². The highest BCUT2D eigenvalue weighted by molar-refractivity contribution is 5.66. The normalized spacial score (nSPS) is 12.2. The Balaban J connectivity index is 2.28. The molecule has 26 heavy (non-hydrogen) atoms. The minimum atomic E-state index is -4.64. The number of aromatic nitrogens is 1. The summed E-state index contributed by atoms with van der Waals surface area (Å²) >= 11 is 0. The van der Waals surface area contributed by atoms with Crippen LogP contribution in [0.3, 0.4) is 0 Å². The van der Waals surface area contributed by atoms with Gasteiger partial charge < -0.3 is 10.4 Å². The standard InChI is InChI=1S/C18H16F3N3O2/c19-18(20,21)15-8-6-13(11-22)17(24-15)23-14(7-9-16(25)26)10-12-4-2-1-3-5-12/h1-6,8,14H,7,9-10H2,(H,23,24)(H,25,26). The zero-order valence-electron chi connectivity index (χ0n) is 13.6. The summed E-state index contributed by atoms with van der Waals surface area (Å²) in [7, 11) is 0. The highest BCUT2D eigenvalue weighted by atomic mass is 19.4. The third-order valence-electron chi connectivity index (χ3n) is 3.68. The zero-order chi connectivity index (χ0) is 19.2. The van der Waals surface area contributed by atoms with Crippen LogP contribution >= 0.6 is 0 Å². The molecule has 1 heterocycles. The molecule has 0 spiro atoms. The van der Waals surface area contributed by atoms with Crippen LogP contribution in [0, 0.1) is 11.3 Å². The monoisotopic (exact) mass is 363 g/mol. The molecular weight excluding hydrogens is 347 g/mol. The lowest BCUT2D eigenvalue weighted by Crippen LogP contribution is -2.25. The van der Waals surface area contributed by atoms with E-state index in [0.717, 1.165) is 17.7 Å². The van der Waals surface area contributed by atoms with Gasteiger partial charge in [0, 0.05) is 12.5 Å². The lowest BCUT2D eigenvalue weighted by atomic mass is 10.0. The lowest BCUT2D eigenvalue weighted by Gasteiger charge is -2.20. The average Bonchev–Trinajstić information content (AvgIpc) is 2.59. The number of carbonyl (C=O) groups is 1. The average molecular weight is 363 g/mol. The number of carboxylic acid groups (broad SMARTS) is 1. The molecular formula is C18H16F3N3O2. The number of alkyl halides is 3. The number of rotatable bonds is 7. The molecule has 2 N–H and O–H groups in total. The Morgan fingerprint density at radius 2 is 1.92 bits per heavy atom. The Bertz CT molecular complexity index is 802. The molecule has 136 valence electrons. The van der Waals surface area contributed by atoms with Crippen LogP contribution in [0.15, 0.2) is 42.5 Å². The maximum absolute atomic E-state index is 12.9. The highest BCUT2D eigenvalue weighted by Crippen LogP contribution is 2.29. The first kappa shape index (κ1) is 19.2. The van der Waals surface area contributed by atoms with Gasteiger partial charge in [0.2, 0.25) is 0 Å². The Hall–Kier alpha value is -3.08. The van der Waals surface area contributed by atoms with Crippen LogP contribution in [0.4, 0.5) is 19.0 Å². The Kier molecular flexibility index (Phi) is 6.17. The van der Waals surface area contributed by atoms with Gasteiger partial charge in [-0.2, -0.15) is 18.4 Å². The van der Waals surface area contributed by atoms with Crippen molar-refractivity contribution < 1.29 is 23.1 Å². The van der Waals surface area contributed by atoms with Crippen LogP contribution in [-0.4, -0.2) is 22.1 Å². The number of nitrogens with one attached hydrogen (secondary N) is 1. The van der Waals surface area contributed by atoms with Crippen molar-refractivity contribution in [3.8, 4) is 6.07 Å². The maximum Gasteiger partial charge on any atom is 0.433 e. The van der Waals surface area contributed by atoms with Crippen molar-refractivity contribution >= 4 is 11.8 Å². The maximum atomic E-state index is 12.9. The number of pyridine rings is 1. The number of benzene rings is 1. The summed E-state index contributed by atoms with van der Waals surface area (Å²) in [4.78, 5) is 14.4. The number of hydrogen-bond donors (Lipinski definition) is 2. The summed E-state index contributed by atoms with van der Waals surface area (Å²) < 4.78 is 38.7. The van der Waals surface area contributed by atoms with E-state index in [9.17, 15) is 18.0 Å². The number of hydrogen-bond acceptors (Lipinski definition) is 4. The first-order valence-electron chi connectivity index (χ1n) is 7.80. The van der Waals surface area contributed by atoms with Gasteiger partial charge in [-0.15, -0.1) is 0 Å². The van der Waals surface area contributed by atoms with Gasteiger partial charge in [-0.25, -0.2) is 4.98 Å². The van der Waals surface area contributed by atoms with E-state index in [1.807, 2.05) is 30.3 Å². The molecule has 1 unspecified atom stereocenters. The van der Waals surface area contributed by atoms with Gasteiger partial charge >= 0.3 is 12.1 Å². The van der Waals surface area contributed by atoms with Crippen LogP contribution in [-0.2, 0) is 17.4 Å². The van der Waals surface area contributed by atoms with Crippen LogP contribution in [0.25, 0.3) is 0 Å². The van der Waals surface area contributed by atoms with Gasteiger partial charge in [0.25, 0.3) is 0 Å². The molecule has 0 bridgehead atoms. The minimum absolute atomic E-state index is 0.0358. The van der Waals surface area contributed by atoms with E-state index in [-0.39, 0.29) is 24.2 Å². The second-order valence-electron chi connectivity index (χ2n) is 5.67. The van der Waals surface area contributed by atoms with E-state index in [4.69, 9.17) is 10.4 Å². The molecule has 0 saturated heterocycles. The van der Waals surface area contributed by atoms with Gasteiger partial charge in [0.1, 0.15) is 17.6 Å². The lowest BCUT2D eigenvalue weighted by molar-refractivity contribution is -0.141. The van der Waals surface area contributed by atoms with Crippen molar-refractivity contribution in [3.63, 3.8) is 0 Å². The molecule has 0 aliphatic carbocycles. The molecule has 1 aromatic carbocycles. The fourth-order valence-electron chi connectivity index (χ4n) is 2.43. The summed E-state index contributed by atoms with van der Waals surface area (Å²) in [5.74, 6) is -1.21. The van der Waals surface area contributed by atoms with Crippen molar-refractivity contribution in [3.05, 3.63) is 59.3 Å². The molecule has 2 rings (SSSR count). The zero-order valence-corrected chi connectivity index (χ0v) is 13.6. The van der Waals surface area contributed by atoms with Gasteiger partial charge in [0.15, 0.2) is 0 Å². The topological polar surface area (TPSA) is 86.0 Å². The Labute approximate surface area is 148 Å². The molecule has 0 aliphatic heterocycles. The molecule has 8 heteroatoms. The number of anilines is 1. The number of halogens is 3. The van der Waals surface area contributed by atoms with Crippen molar-refractivity contribution in [1.82, 2.24) is 4.98 Å².